The summed E-state index contributed by atoms with van der Waals surface area (Å²) in [5.74, 6) is 0. The van der Waals surface area contributed by atoms with Crippen molar-refractivity contribution in [3.8, 4) is 0 Å². The highest BCUT2D eigenvalue weighted by Gasteiger charge is 2.57. The summed E-state index contributed by atoms with van der Waals surface area (Å²) in [6, 6.07) is 92.5. The number of hydrogen-bond donors (Lipinski definition) is 1. The summed E-state index contributed by atoms with van der Waals surface area (Å²) in [5.41, 5.74) is 4.17. The van der Waals surface area contributed by atoms with Crippen LogP contribution in [0.5, 0.6) is 0 Å². The van der Waals surface area contributed by atoms with E-state index >= 15 is 0 Å². The number of hydrogen-bond acceptors (Lipinski definition) is 5. The smallest absolute Gasteiger partial charge is 0.184 e. The van der Waals surface area contributed by atoms with Crippen LogP contribution in [-0.2, 0) is 35.8 Å². The van der Waals surface area contributed by atoms with E-state index in [1.807, 2.05) is 164 Å². The first-order valence-electron chi connectivity index (χ1n) is 23.5. The number of halogens is 1. The Kier molecular flexibility index (Phi) is 13.9. The zero-order valence-corrected chi connectivity index (χ0v) is 39.6. The molecule has 1 aliphatic rings. The second-order valence-corrected chi connectivity index (χ2v) is 18.0. The van der Waals surface area contributed by atoms with Gasteiger partial charge in [0, 0.05) is 5.33 Å². The minimum absolute atomic E-state index is 0.298. The van der Waals surface area contributed by atoms with E-state index in [1.54, 1.807) is 0 Å². The summed E-state index contributed by atoms with van der Waals surface area (Å²) in [5, 5.41) is 13.3. The number of aliphatic hydroxyl groups excluding tert-OH is 1. The lowest BCUT2D eigenvalue weighted by Gasteiger charge is -2.53. The van der Waals surface area contributed by atoms with Crippen LogP contribution in [0.25, 0.3) is 0 Å². The van der Waals surface area contributed by atoms with Crippen LogP contribution >= 0.6 is 15.9 Å². The van der Waals surface area contributed by atoms with E-state index in [0.717, 1.165) is 50.1 Å². The van der Waals surface area contributed by atoms with Gasteiger partial charge in [-0.1, -0.05) is 289 Å². The molecule has 0 spiro atoms. The second-order valence-electron chi connectivity index (χ2n) is 17.3. The van der Waals surface area contributed by atoms with Gasteiger partial charge in [-0.2, -0.15) is 0 Å². The molecule has 69 heavy (non-hydrogen) atoms. The van der Waals surface area contributed by atoms with Crippen LogP contribution in [0.15, 0.2) is 273 Å². The van der Waals surface area contributed by atoms with E-state index in [0.29, 0.717) is 5.33 Å². The molecule has 0 radical (unpaired) electrons. The van der Waals surface area contributed by atoms with Crippen LogP contribution in [-0.4, -0.2) is 41.1 Å². The molecule has 0 unspecified atom stereocenters. The number of rotatable bonds is 16. The number of aliphatic hydroxyl groups is 1. The first kappa shape index (κ1) is 46.0. The van der Waals surface area contributed by atoms with Gasteiger partial charge in [-0.15, -0.1) is 0 Å². The van der Waals surface area contributed by atoms with Gasteiger partial charge in [-0.25, -0.2) is 0 Å². The van der Waals surface area contributed by atoms with Crippen LogP contribution in [0.4, 0.5) is 0 Å². The largest absolute Gasteiger partial charge is 0.366 e. The van der Waals surface area contributed by atoms with Gasteiger partial charge in [0.15, 0.2) is 6.29 Å². The molecule has 5 atom stereocenters. The van der Waals surface area contributed by atoms with Crippen molar-refractivity contribution in [2.24, 2.45) is 0 Å². The van der Waals surface area contributed by atoms with Crippen molar-refractivity contribution < 1.29 is 24.1 Å². The minimum atomic E-state index is -1.51. The van der Waals surface area contributed by atoms with Gasteiger partial charge in [0.25, 0.3) is 0 Å². The number of ether oxygens (including phenoxy) is 4. The summed E-state index contributed by atoms with van der Waals surface area (Å²) < 4.78 is 31.3. The van der Waals surface area contributed by atoms with Crippen molar-refractivity contribution >= 4 is 15.9 Å². The van der Waals surface area contributed by atoms with E-state index < -0.39 is 47.5 Å². The van der Waals surface area contributed by atoms with Gasteiger partial charge in [0.1, 0.15) is 35.1 Å². The van der Waals surface area contributed by atoms with E-state index in [1.165, 1.54) is 0 Å². The lowest BCUT2D eigenvalue weighted by Crippen LogP contribution is -2.65. The molecule has 1 heterocycles. The highest BCUT2D eigenvalue weighted by molar-refractivity contribution is 9.09. The molecular formula is C63H53BrO5. The predicted molar refractivity (Wildman–Crippen MR) is 277 cm³/mol. The summed E-state index contributed by atoms with van der Waals surface area (Å²) in [7, 11) is 0. The fourth-order valence-corrected chi connectivity index (χ4v) is 10.7. The molecule has 1 fully saturated rings. The van der Waals surface area contributed by atoms with Crippen molar-refractivity contribution in [3.05, 3.63) is 323 Å². The first-order valence-corrected chi connectivity index (χ1v) is 24.6. The minimum Gasteiger partial charge on any atom is -0.366 e. The van der Waals surface area contributed by atoms with Crippen LogP contribution in [0, 0.1) is 0 Å². The molecule has 1 N–H and O–H groups in total. The van der Waals surface area contributed by atoms with Crippen molar-refractivity contribution in [2.75, 3.05) is 5.33 Å². The summed E-state index contributed by atoms with van der Waals surface area (Å²) in [6.07, 6.45) is -5.48. The van der Waals surface area contributed by atoms with Gasteiger partial charge in [-0.05, 0) is 50.1 Å². The van der Waals surface area contributed by atoms with E-state index in [9.17, 15) is 5.11 Å². The molecule has 1 aliphatic heterocycles. The van der Waals surface area contributed by atoms with Gasteiger partial charge < -0.3 is 24.1 Å². The lowest BCUT2D eigenvalue weighted by molar-refractivity contribution is -0.332. The molecule has 6 heteroatoms. The molecule has 10 rings (SSSR count). The topological polar surface area (TPSA) is 57.2 Å². The molecule has 0 aromatic heterocycles. The van der Waals surface area contributed by atoms with Crippen LogP contribution in [0.3, 0.4) is 0 Å². The lowest BCUT2D eigenvalue weighted by atomic mass is 9.78. The molecule has 1 saturated heterocycles. The zero-order valence-electron chi connectivity index (χ0n) is 38.0. The van der Waals surface area contributed by atoms with E-state index in [4.69, 9.17) is 18.9 Å². The Hall–Kier alpha value is -6.74. The molecule has 9 aromatic carbocycles. The normalized spacial score (nSPS) is 18.6. The van der Waals surface area contributed by atoms with Crippen molar-refractivity contribution in [1.82, 2.24) is 0 Å². The Morgan fingerprint density at radius 3 is 0.696 bits per heavy atom. The Bertz CT molecular complexity index is 2660. The molecule has 0 saturated carbocycles. The molecule has 0 bridgehead atoms. The average molecular weight is 970 g/mol. The fourth-order valence-electron chi connectivity index (χ4n) is 10.2. The highest BCUT2D eigenvalue weighted by Crippen LogP contribution is 2.50. The summed E-state index contributed by atoms with van der Waals surface area (Å²) in [6.45, 7) is 0. The highest BCUT2D eigenvalue weighted by atomic mass is 79.9. The zero-order chi connectivity index (χ0) is 46.9. The molecule has 342 valence electrons. The maximum absolute atomic E-state index is 13.0. The van der Waals surface area contributed by atoms with E-state index in [-0.39, 0.29) is 0 Å². The van der Waals surface area contributed by atoms with Crippen LogP contribution in [0.2, 0.25) is 0 Å². The quantitative estimate of drug-likeness (QED) is 0.0772. The average Bonchev–Trinajstić information content (AvgIpc) is 3.44. The Morgan fingerprint density at radius 2 is 0.493 bits per heavy atom. The summed E-state index contributed by atoms with van der Waals surface area (Å²) in [4.78, 5) is 0. The standard InChI is InChI=1S/C63H53BrO5/c64-46-56-57(67-61(47-28-10-1-11-29-47,48-30-12-2-13-31-48)49-32-14-3-15-33-49)58(68-62(50-34-16-4-17-35-50,51-36-18-5-19-37-51)52-38-20-6-21-39-52)59(60(65)66-56)69-63(53-40-22-7-23-41-53,54-42-24-8-25-43-54)55-44-26-9-27-45-55/h1-45,56-60,65H,46H2/t56-,57+,58+,59+,60+/m0/s1. The Balaban J connectivity index is 1.29. The Morgan fingerprint density at radius 1 is 0.304 bits per heavy atom. The second kappa shape index (κ2) is 20.9. The monoisotopic (exact) mass is 968 g/mol. The fraction of sp³-hybridized carbons (Fsp3) is 0.143. The van der Waals surface area contributed by atoms with Crippen LogP contribution < -0.4 is 0 Å². The number of benzene rings is 9. The maximum atomic E-state index is 13.0. The maximum Gasteiger partial charge on any atom is 0.184 e. The van der Waals surface area contributed by atoms with E-state index in [2.05, 4.69) is 125 Å². The third kappa shape index (κ3) is 8.81. The first-order chi connectivity index (χ1) is 34.1. The van der Waals surface area contributed by atoms with Gasteiger partial charge in [0.2, 0.25) is 0 Å². The molecule has 0 amide bonds. The predicted octanol–water partition coefficient (Wildman–Crippen LogP) is 13.2. The SMILES string of the molecule is O[C@@H]1O[C@@H](CBr)[C@@H](OC(c2ccccc2)(c2ccccc2)c2ccccc2)[C@@H](OC(c2ccccc2)(c2ccccc2)c2ccccc2)[C@H]1OC(c1ccccc1)(c1ccccc1)c1ccccc1. The third-order valence-corrected chi connectivity index (χ3v) is 14.0. The molecule has 9 aromatic rings. The third-order valence-electron chi connectivity index (χ3n) is 13.3. The summed E-state index contributed by atoms with van der Waals surface area (Å²) >= 11 is 3.88. The Labute approximate surface area is 413 Å². The molecule has 5 nitrogen and oxygen atoms in total. The van der Waals surface area contributed by atoms with Gasteiger partial charge in [0.05, 0.1) is 6.10 Å². The number of alkyl halides is 1. The molecular weight excluding hydrogens is 917 g/mol. The van der Waals surface area contributed by atoms with Gasteiger partial charge in [-0.3, -0.25) is 0 Å². The molecule has 0 aliphatic carbocycles. The van der Waals surface area contributed by atoms with Crippen molar-refractivity contribution in [1.29, 1.82) is 0 Å². The van der Waals surface area contributed by atoms with Crippen molar-refractivity contribution in [3.63, 3.8) is 0 Å². The van der Waals surface area contributed by atoms with Crippen LogP contribution in [0.1, 0.15) is 50.1 Å². The van der Waals surface area contributed by atoms with Crippen molar-refractivity contribution in [2.45, 2.75) is 47.5 Å². The van der Waals surface area contributed by atoms with Gasteiger partial charge >= 0.3 is 0 Å².